The number of amidine groups is 2. The van der Waals surface area contributed by atoms with E-state index < -0.39 is 0 Å². The molecule has 12 unspecified atom stereocenters. The molecule has 52 heavy (non-hydrogen) atoms. The molecule has 0 amide bonds. The van der Waals surface area contributed by atoms with E-state index in [-0.39, 0.29) is 6.17 Å². The highest BCUT2D eigenvalue weighted by molar-refractivity contribution is 6.10. The summed E-state index contributed by atoms with van der Waals surface area (Å²) < 4.78 is 0. The van der Waals surface area contributed by atoms with Gasteiger partial charge in [-0.25, -0.2) is 9.98 Å². The Bertz CT molecular complexity index is 1500. The van der Waals surface area contributed by atoms with Crippen molar-refractivity contribution in [1.82, 2.24) is 5.32 Å². The highest BCUT2D eigenvalue weighted by atomic mass is 15.2. The summed E-state index contributed by atoms with van der Waals surface area (Å²) in [5.41, 5.74) is 4.75. The van der Waals surface area contributed by atoms with E-state index in [2.05, 4.69) is 61.7 Å². The lowest BCUT2D eigenvalue weighted by Gasteiger charge is -2.46. The largest absolute Gasteiger partial charge is 0.348 e. The third-order valence-electron chi connectivity index (χ3n) is 16.9. The second kappa shape index (κ2) is 15.9. The van der Waals surface area contributed by atoms with Crippen LogP contribution in [0.15, 0.2) is 69.2 Å². The molecule has 0 aromatic rings. The number of aliphatic imine (C=N–C) groups is 2. The van der Waals surface area contributed by atoms with Crippen molar-refractivity contribution in [2.75, 3.05) is 0 Å². The molecule has 1 N–H and O–H groups in total. The van der Waals surface area contributed by atoms with Crippen LogP contribution in [0, 0.1) is 71.0 Å². The molecule has 0 radical (unpaired) electrons. The number of fused-ring (bicyclic) bond motifs is 2. The lowest BCUT2D eigenvalue weighted by Crippen LogP contribution is -2.47. The molecule has 0 aromatic carbocycles. The SMILES string of the molecule is CC1CC(C2=CCC3CCCCC3C2)CCC1C1N=C(C2C=CC(C3CCCCC3)=CC2)N=C(C2=CCC(C3CCC4CCCCC4C3C)C=C2)N1. The molecule has 282 valence electrons. The Labute approximate surface area is 317 Å². The molecular weight excluding hydrogens is 631 g/mol. The average molecular weight is 702 g/mol. The monoisotopic (exact) mass is 702 g/mol. The molecule has 1 aliphatic heterocycles. The maximum Gasteiger partial charge on any atom is 0.136 e. The minimum Gasteiger partial charge on any atom is -0.348 e. The Morgan fingerprint density at radius 2 is 1.40 bits per heavy atom. The Morgan fingerprint density at radius 3 is 2.19 bits per heavy atom. The molecule has 9 rings (SSSR count). The van der Waals surface area contributed by atoms with Gasteiger partial charge in [0, 0.05) is 17.4 Å². The Hall–Kier alpha value is -2.16. The summed E-state index contributed by atoms with van der Waals surface area (Å²) in [5, 5.41) is 4.01. The van der Waals surface area contributed by atoms with Gasteiger partial charge in [-0.2, -0.15) is 0 Å². The normalized spacial score (nSPS) is 42.8. The molecule has 0 saturated heterocycles. The van der Waals surface area contributed by atoms with E-state index in [9.17, 15) is 0 Å². The summed E-state index contributed by atoms with van der Waals surface area (Å²) in [4.78, 5) is 11.0. The minimum atomic E-state index is 0.132. The van der Waals surface area contributed by atoms with Gasteiger partial charge in [0.1, 0.15) is 17.8 Å². The van der Waals surface area contributed by atoms with Crippen LogP contribution in [0.2, 0.25) is 0 Å². The summed E-state index contributed by atoms with van der Waals surface area (Å²) in [5.74, 6) is 11.6. The van der Waals surface area contributed by atoms with Gasteiger partial charge in [0.25, 0.3) is 0 Å². The third kappa shape index (κ3) is 7.43. The number of nitrogens with zero attached hydrogens (tertiary/aromatic N) is 2. The van der Waals surface area contributed by atoms with Crippen LogP contribution < -0.4 is 5.32 Å². The van der Waals surface area contributed by atoms with Gasteiger partial charge in [-0.05, 0) is 155 Å². The summed E-state index contributed by atoms with van der Waals surface area (Å²) >= 11 is 0. The quantitative estimate of drug-likeness (QED) is 0.275. The van der Waals surface area contributed by atoms with Crippen LogP contribution in [0.1, 0.15) is 155 Å². The number of rotatable bonds is 6. The lowest BCUT2D eigenvalue weighted by molar-refractivity contribution is 0.0466. The fraction of sp³-hybridized carbons (Fsp3) is 0.755. The molecule has 0 spiro atoms. The first kappa shape index (κ1) is 35.5. The van der Waals surface area contributed by atoms with E-state index in [0.29, 0.717) is 23.7 Å². The van der Waals surface area contributed by atoms with E-state index in [1.807, 2.05) is 5.57 Å². The smallest absolute Gasteiger partial charge is 0.136 e. The summed E-state index contributed by atoms with van der Waals surface area (Å²) in [6, 6.07) is 0. The number of allylic oxidation sites excluding steroid dienone is 7. The predicted molar refractivity (Wildman–Crippen MR) is 219 cm³/mol. The zero-order valence-electron chi connectivity index (χ0n) is 33.0. The minimum absolute atomic E-state index is 0.132. The van der Waals surface area contributed by atoms with E-state index in [1.165, 1.54) is 140 Å². The first-order valence-electron chi connectivity index (χ1n) is 23.0. The van der Waals surface area contributed by atoms with Crippen molar-refractivity contribution < 1.29 is 0 Å². The van der Waals surface area contributed by atoms with Gasteiger partial charge in [0.2, 0.25) is 0 Å². The van der Waals surface area contributed by atoms with E-state index in [4.69, 9.17) is 9.98 Å². The van der Waals surface area contributed by atoms with Gasteiger partial charge < -0.3 is 5.32 Å². The average Bonchev–Trinajstić information content (AvgIpc) is 3.21. The second-order valence-electron chi connectivity index (χ2n) is 19.7. The molecule has 3 nitrogen and oxygen atoms in total. The molecule has 0 bridgehead atoms. The van der Waals surface area contributed by atoms with Crippen LogP contribution in [0.4, 0.5) is 0 Å². The van der Waals surface area contributed by atoms with Crippen molar-refractivity contribution in [3.8, 4) is 0 Å². The maximum absolute atomic E-state index is 5.56. The molecule has 1 heterocycles. The zero-order valence-corrected chi connectivity index (χ0v) is 33.0. The molecular formula is C49H71N3. The molecule has 9 aliphatic rings. The summed E-state index contributed by atoms with van der Waals surface area (Å²) in [7, 11) is 0. The molecule has 3 heteroatoms. The zero-order chi connectivity index (χ0) is 35.0. The van der Waals surface area contributed by atoms with E-state index in [0.717, 1.165) is 65.4 Å². The van der Waals surface area contributed by atoms with Crippen molar-refractivity contribution in [3.05, 3.63) is 59.3 Å². The maximum atomic E-state index is 5.56. The van der Waals surface area contributed by atoms with E-state index >= 15 is 0 Å². The van der Waals surface area contributed by atoms with Gasteiger partial charge in [0.05, 0.1) is 0 Å². The van der Waals surface area contributed by atoms with E-state index in [1.54, 1.807) is 5.57 Å². The molecule has 8 aliphatic carbocycles. The molecule has 12 atom stereocenters. The highest BCUT2D eigenvalue weighted by Gasteiger charge is 2.42. The molecule has 5 saturated carbocycles. The number of hydrogen-bond acceptors (Lipinski definition) is 3. The van der Waals surface area contributed by atoms with Gasteiger partial charge in [-0.15, -0.1) is 0 Å². The highest BCUT2D eigenvalue weighted by Crippen LogP contribution is 2.50. The van der Waals surface area contributed by atoms with Crippen molar-refractivity contribution in [2.45, 2.75) is 161 Å². The van der Waals surface area contributed by atoms with Crippen molar-refractivity contribution in [3.63, 3.8) is 0 Å². The van der Waals surface area contributed by atoms with Crippen LogP contribution in [0.25, 0.3) is 0 Å². The van der Waals surface area contributed by atoms with Crippen LogP contribution >= 0.6 is 0 Å². The molecule has 0 aromatic heterocycles. The Morgan fingerprint density at radius 1 is 0.615 bits per heavy atom. The fourth-order valence-electron chi connectivity index (χ4n) is 13.7. The predicted octanol–water partition coefficient (Wildman–Crippen LogP) is 12.7. The van der Waals surface area contributed by atoms with Crippen molar-refractivity contribution in [2.24, 2.45) is 81.0 Å². The first-order chi connectivity index (χ1) is 25.6. The van der Waals surface area contributed by atoms with Crippen LogP contribution in [0.5, 0.6) is 0 Å². The Kier molecular flexibility index (Phi) is 10.9. The first-order valence-corrected chi connectivity index (χ1v) is 23.0. The molecule has 5 fully saturated rings. The third-order valence-corrected chi connectivity index (χ3v) is 16.9. The van der Waals surface area contributed by atoms with Crippen molar-refractivity contribution >= 4 is 11.7 Å². The topological polar surface area (TPSA) is 36.8 Å². The standard InChI is InChI=1S/C49H71N3/c1-32-30-42(43-25-18-35-12-6-7-14-41(35)31-43)27-28-44(32)49-51-47(39-21-16-36(17-22-39)34-10-4-3-5-11-34)50-48(52-49)40-23-19-38(20-24-40)46-29-26-37-13-8-9-15-45(37)33(46)2/h16-17,19,21,23-25,32-35,37-39,41-42,44-46,49H,3-15,18,20,22,26-31H2,1-2H3,(H,50,51,52). The van der Waals surface area contributed by atoms with Crippen LogP contribution in [-0.4, -0.2) is 17.8 Å². The summed E-state index contributed by atoms with van der Waals surface area (Å²) in [6.07, 6.45) is 48.6. The number of nitrogens with one attached hydrogen (secondary N) is 1. The Balaban J connectivity index is 0.907. The lowest BCUT2D eigenvalue weighted by atomic mass is 9.59. The van der Waals surface area contributed by atoms with Crippen molar-refractivity contribution in [1.29, 1.82) is 0 Å². The van der Waals surface area contributed by atoms with Gasteiger partial charge in [-0.1, -0.05) is 113 Å². The van der Waals surface area contributed by atoms with Gasteiger partial charge in [-0.3, -0.25) is 0 Å². The fourth-order valence-corrected chi connectivity index (χ4v) is 13.7. The number of hydrogen-bond donors (Lipinski definition) is 1. The van der Waals surface area contributed by atoms with Crippen LogP contribution in [-0.2, 0) is 0 Å². The second-order valence-corrected chi connectivity index (χ2v) is 19.7. The van der Waals surface area contributed by atoms with Crippen LogP contribution in [0.3, 0.4) is 0 Å². The van der Waals surface area contributed by atoms with Gasteiger partial charge >= 0.3 is 0 Å². The van der Waals surface area contributed by atoms with Gasteiger partial charge in [0.15, 0.2) is 0 Å². The summed E-state index contributed by atoms with van der Waals surface area (Å²) in [6.45, 7) is 5.16.